The molecule has 0 aromatic heterocycles. The van der Waals surface area contributed by atoms with Crippen LogP contribution in [-0.2, 0) is 9.53 Å². The first-order valence-electron chi connectivity index (χ1n) is 7.06. The lowest BCUT2D eigenvalue weighted by atomic mass is 9.77. The van der Waals surface area contributed by atoms with Gasteiger partial charge in [0.25, 0.3) is 0 Å². The first kappa shape index (κ1) is 12.9. The summed E-state index contributed by atoms with van der Waals surface area (Å²) in [6, 6.07) is 0. The van der Waals surface area contributed by atoms with E-state index in [1.807, 2.05) is 0 Å². The van der Waals surface area contributed by atoms with Crippen molar-refractivity contribution in [3.05, 3.63) is 0 Å². The highest BCUT2D eigenvalue weighted by Gasteiger charge is 2.39. The van der Waals surface area contributed by atoms with Crippen molar-refractivity contribution < 1.29 is 9.53 Å². The van der Waals surface area contributed by atoms with E-state index in [-0.39, 0.29) is 5.97 Å². The molecular formula is C14H25NO2. The van der Waals surface area contributed by atoms with Crippen LogP contribution in [0.25, 0.3) is 0 Å². The number of nitrogens with two attached hydrogens (primary N) is 1. The summed E-state index contributed by atoms with van der Waals surface area (Å²) in [7, 11) is 0. The molecule has 3 nitrogen and oxygen atoms in total. The van der Waals surface area contributed by atoms with Crippen molar-refractivity contribution in [2.24, 2.45) is 17.6 Å². The van der Waals surface area contributed by atoms with Crippen LogP contribution in [0.1, 0.15) is 58.3 Å². The van der Waals surface area contributed by atoms with Crippen LogP contribution in [0.5, 0.6) is 0 Å². The molecule has 2 fully saturated rings. The zero-order valence-corrected chi connectivity index (χ0v) is 10.9. The minimum Gasteiger partial charge on any atom is -0.464 e. The van der Waals surface area contributed by atoms with Gasteiger partial charge in [0.15, 0.2) is 0 Å². The van der Waals surface area contributed by atoms with Crippen LogP contribution in [0.4, 0.5) is 0 Å². The average molecular weight is 239 g/mol. The lowest BCUT2D eigenvalue weighted by Crippen LogP contribution is -2.52. The first-order valence-corrected chi connectivity index (χ1v) is 7.06. The summed E-state index contributed by atoms with van der Waals surface area (Å²) in [6.07, 6.45) is 8.81. The molecule has 0 heterocycles. The fraction of sp³-hybridized carbons (Fsp3) is 0.929. The number of carbonyl (C=O) groups excluding carboxylic acids is 1. The van der Waals surface area contributed by atoms with Gasteiger partial charge in [-0.05, 0) is 37.5 Å². The molecule has 3 heteroatoms. The molecule has 0 aliphatic heterocycles. The third-order valence-corrected chi connectivity index (χ3v) is 4.36. The van der Waals surface area contributed by atoms with Crippen molar-refractivity contribution in [1.29, 1.82) is 0 Å². The van der Waals surface area contributed by atoms with Gasteiger partial charge in [-0.3, -0.25) is 4.79 Å². The van der Waals surface area contributed by atoms with Crippen molar-refractivity contribution in [2.45, 2.75) is 63.8 Å². The van der Waals surface area contributed by atoms with Crippen LogP contribution < -0.4 is 5.73 Å². The van der Waals surface area contributed by atoms with Crippen molar-refractivity contribution in [2.75, 3.05) is 6.61 Å². The third kappa shape index (κ3) is 3.21. The summed E-state index contributed by atoms with van der Waals surface area (Å²) in [5.41, 5.74) is 5.51. The predicted molar refractivity (Wildman–Crippen MR) is 67.5 cm³/mol. The van der Waals surface area contributed by atoms with Gasteiger partial charge in [0.1, 0.15) is 5.54 Å². The molecule has 2 unspecified atom stereocenters. The molecule has 0 bridgehead atoms. The lowest BCUT2D eigenvalue weighted by Gasteiger charge is -2.34. The lowest BCUT2D eigenvalue weighted by molar-refractivity contribution is -0.153. The molecule has 2 rings (SSSR count). The highest BCUT2D eigenvalue weighted by Crippen LogP contribution is 2.32. The Kier molecular flexibility index (Phi) is 4.08. The van der Waals surface area contributed by atoms with E-state index in [1.54, 1.807) is 0 Å². The van der Waals surface area contributed by atoms with Gasteiger partial charge in [0.2, 0.25) is 0 Å². The van der Waals surface area contributed by atoms with Crippen LogP contribution in [0.2, 0.25) is 0 Å². The maximum Gasteiger partial charge on any atom is 0.326 e. The van der Waals surface area contributed by atoms with Crippen LogP contribution in [0.3, 0.4) is 0 Å². The highest BCUT2D eigenvalue weighted by atomic mass is 16.5. The zero-order valence-electron chi connectivity index (χ0n) is 10.9. The second-order valence-electron chi connectivity index (χ2n) is 6.11. The fourth-order valence-corrected chi connectivity index (χ4v) is 3.29. The minimum absolute atomic E-state index is 0.157. The number of ether oxygens (including phenoxy) is 1. The van der Waals surface area contributed by atoms with E-state index in [9.17, 15) is 4.79 Å². The van der Waals surface area contributed by atoms with Crippen molar-refractivity contribution in [3.63, 3.8) is 0 Å². The smallest absolute Gasteiger partial charge is 0.326 e. The number of carbonyl (C=O) groups is 1. The van der Waals surface area contributed by atoms with E-state index < -0.39 is 5.54 Å². The molecule has 2 atom stereocenters. The molecule has 0 amide bonds. The van der Waals surface area contributed by atoms with Crippen LogP contribution >= 0.6 is 0 Å². The normalized spacial score (nSPS) is 34.8. The quantitative estimate of drug-likeness (QED) is 0.770. The molecule has 0 aromatic rings. The molecule has 2 aliphatic rings. The first-order chi connectivity index (χ1) is 8.10. The summed E-state index contributed by atoms with van der Waals surface area (Å²) in [4.78, 5) is 12.1. The number of rotatable bonds is 3. The Morgan fingerprint density at radius 2 is 2.00 bits per heavy atom. The van der Waals surface area contributed by atoms with E-state index in [0.29, 0.717) is 18.4 Å². The highest BCUT2D eigenvalue weighted by molar-refractivity contribution is 5.80. The second-order valence-corrected chi connectivity index (χ2v) is 6.11. The van der Waals surface area contributed by atoms with Crippen LogP contribution in [0, 0.1) is 11.8 Å². The Labute approximate surface area is 104 Å². The third-order valence-electron chi connectivity index (χ3n) is 4.36. The van der Waals surface area contributed by atoms with E-state index in [0.717, 1.165) is 19.3 Å². The summed E-state index contributed by atoms with van der Waals surface area (Å²) in [5.74, 6) is 0.979. The Balaban J connectivity index is 1.81. The number of hydrogen-bond acceptors (Lipinski definition) is 3. The predicted octanol–water partition coefficient (Wildman–Crippen LogP) is 2.63. The van der Waals surface area contributed by atoms with E-state index in [2.05, 4.69) is 6.92 Å². The molecule has 0 radical (unpaired) electrons. The van der Waals surface area contributed by atoms with Gasteiger partial charge in [0.05, 0.1) is 6.61 Å². The number of esters is 1. The summed E-state index contributed by atoms with van der Waals surface area (Å²) >= 11 is 0. The summed E-state index contributed by atoms with van der Waals surface area (Å²) in [6.45, 7) is 2.76. The van der Waals surface area contributed by atoms with Crippen molar-refractivity contribution >= 4 is 5.97 Å². The van der Waals surface area contributed by atoms with Gasteiger partial charge in [-0.25, -0.2) is 0 Å². The topological polar surface area (TPSA) is 52.3 Å². The number of hydrogen-bond donors (Lipinski definition) is 1. The second kappa shape index (κ2) is 5.38. The standard InChI is InChI=1S/C14H25NO2/c1-11-5-4-8-14(15,9-11)13(16)17-10-12-6-2-3-7-12/h11-12H,2-10,15H2,1H3. The molecule has 98 valence electrons. The maximum absolute atomic E-state index is 12.1. The summed E-state index contributed by atoms with van der Waals surface area (Å²) < 4.78 is 5.45. The van der Waals surface area contributed by atoms with E-state index >= 15 is 0 Å². The summed E-state index contributed by atoms with van der Waals surface area (Å²) in [5, 5.41) is 0. The van der Waals surface area contributed by atoms with E-state index in [1.165, 1.54) is 32.1 Å². The molecule has 0 aromatic carbocycles. The Morgan fingerprint density at radius 1 is 1.29 bits per heavy atom. The average Bonchev–Trinajstić information content (AvgIpc) is 2.78. The van der Waals surface area contributed by atoms with Gasteiger partial charge in [-0.1, -0.05) is 32.6 Å². The van der Waals surface area contributed by atoms with Gasteiger partial charge in [-0.2, -0.15) is 0 Å². The molecule has 0 spiro atoms. The SMILES string of the molecule is CC1CCCC(N)(C(=O)OCC2CCCC2)C1. The van der Waals surface area contributed by atoms with Crippen molar-refractivity contribution in [3.8, 4) is 0 Å². The molecule has 2 saturated carbocycles. The maximum atomic E-state index is 12.1. The monoisotopic (exact) mass is 239 g/mol. The van der Waals surface area contributed by atoms with Crippen molar-refractivity contribution in [1.82, 2.24) is 0 Å². The molecule has 17 heavy (non-hydrogen) atoms. The van der Waals surface area contributed by atoms with Gasteiger partial charge in [-0.15, -0.1) is 0 Å². The molecule has 0 saturated heterocycles. The van der Waals surface area contributed by atoms with E-state index in [4.69, 9.17) is 10.5 Å². The molecule has 2 aliphatic carbocycles. The van der Waals surface area contributed by atoms with Gasteiger partial charge < -0.3 is 10.5 Å². The Morgan fingerprint density at radius 3 is 2.65 bits per heavy atom. The van der Waals surface area contributed by atoms with Crippen LogP contribution in [-0.4, -0.2) is 18.1 Å². The molecule has 2 N–H and O–H groups in total. The zero-order chi connectivity index (χ0) is 12.3. The molecular weight excluding hydrogens is 214 g/mol. The Bertz CT molecular complexity index is 273. The Hall–Kier alpha value is -0.570. The van der Waals surface area contributed by atoms with Gasteiger partial charge >= 0.3 is 5.97 Å². The minimum atomic E-state index is -0.698. The largest absolute Gasteiger partial charge is 0.464 e. The van der Waals surface area contributed by atoms with Crippen LogP contribution in [0.15, 0.2) is 0 Å². The van der Waals surface area contributed by atoms with Gasteiger partial charge in [0, 0.05) is 0 Å². The fourth-order valence-electron chi connectivity index (χ4n) is 3.29.